The number of methoxy groups -OCH3 is 1. The van der Waals surface area contributed by atoms with Gasteiger partial charge in [0.1, 0.15) is 6.04 Å². The Kier molecular flexibility index (Phi) is 6.71. The van der Waals surface area contributed by atoms with Crippen molar-refractivity contribution < 1.29 is 14.3 Å². The summed E-state index contributed by atoms with van der Waals surface area (Å²) in [6, 6.07) is 8.48. The van der Waals surface area contributed by atoms with Gasteiger partial charge in [-0.25, -0.2) is 4.79 Å². The van der Waals surface area contributed by atoms with Gasteiger partial charge in [0.05, 0.1) is 7.11 Å². The molecule has 0 radical (unpaired) electrons. The molecule has 0 aliphatic rings. The number of Topliss-reactive ketones (excluding diaryl/α,β-unsaturated/α-hetero) is 1. The summed E-state index contributed by atoms with van der Waals surface area (Å²) >= 11 is 0. The van der Waals surface area contributed by atoms with E-state index in [0.717, 1.165) is 5.56 Å². The summed E-state index contributed by atoms with van der Waals surface area (Å²) in [4.78, 5) is 23.3. The van der Waals surface area contributed by atoms with E-state index in [1.165, 1.54) is 7.11 Å². The summed E-state index contributed by atoms with van der Waals surface area (Å²) < 4.78 is 4.53. The largest absolute Gasteiger partial charge is 0.453 e. The predicted octanol–water partition coefficient (Wildman–Crippen LogP) is 2.94. The van der Waals surface area contributed by atoms with E-state index in [4.69, 9.17) is 0 Å². The topological polar surface area (TPSA) is 55.4 Å². The molecule has 1 aromatic rings. The standard InChI is InChI=1S/C13H17NO3.CH4/c1-9(2)12(15)11(14-13(16)17-3)10-7-5-4-6-8-10;/h4-9,11H,1-3H3,(H,14,16);1H4/t11-;/m1./s1. The first-order valence-electron chi connectivity index (χ1n) is 5.49. The third kappa shape index (κ3) is 4.20. The zero-order chi connectivity index (χ0) is 12.8. The van der Waals surface area contributed by atoms with Crippen molar-refractivity contribution in [3.05, 3.63) is 35.9 Å². The van der Waals surface area contributed by atoms with Gasteiger partial charge in [-0.15, -0.1) is 0 Å². The number of ether oxygens (including phenoxy) is 1. The number of carbonyl (C=O) groups excluding carboxylic acids is 2. The van der Waals surface area contributed by atoms with E-state index in [9.17, 15) is 9.59 Å². The molecule has 100 valence electrons. The third-order valence-corrected chi connectivity index (χ3v) is 2.43. The molecule has 1 atom stereocenters. The van der Waals surface area contributed by atoms with E-state index < -0.39 is 12.1 Å². The Morgan fingerprint density at radius 2 is 1.72 bits per heavy atom. The van der Waals surface area contributed by atoms with Gasteiger partial charge < -0.3 is 10.1 Å². The van der Waals surface area contributed by atoms with Gasteiger partial charge in [0, 0.05) is 5.92 Å². The molecule has 1 N–H and O–H groups in total. The fraction of sp³-hybridized carbons (Fsp3) is 0.429. The molecule has 1 aromatic carbocycles. The van der Waals surface area contributed by atoms with Crippen molar-refractivity contribution in [2.24, 2.45) is 5.92 Å². The quantitative estimate of drug-likeness (QED) is 0.895. The van der Waals surface area contributed by atoms with Crippen LogP contribution in [0.3, 0.4) is 0 Å². The molecule has 0 saturated carbocycles. The fourth-order valence-electron chi connectivity index (χ4n) is 1.47. The number of amides is 1. The van der Waals surface area contributed by atoms with Crippen LogP contribution in [0.2, 0.25) is 0 Å². The van der Waals surface area contributed by atoms with Crippen molar-refractivity contribution in [1.29, 1.82) is 0 Å². The molecule has 4 nitrogen and oxygen atoms in total. The highest BCUT2D eigenvalue weighted by molar-refractivity contribution is 5.89. The van der Waals surface area contributed by atoms with Crippen molar-refractivity contribution in [3.63, 3.8) is 0 Å². The zero-order valence-corrected chi connectivity index (χ0v) is 10.3. The first kappa shape index (κ1) is 16.2. The number of carbonyl (C=O) groups is 2. The van der Waals surface area contributed by atoms with E-state index in [1.807, 2.05) is 18.2 Å². The van der Waals surface area contributed by atoms with Gasteiger partial charge in [-0.1, -0.05) is 51.6 Å². The van der Waals surface area contributed by atoms with E-state index in [2.05, 4.69) is 10.1 Å². The second-order valence-corrected chi connectivity index (χ2v) is 4.04. The summed E-state index contributed by atoms with van der Waals surface area (Å²) in [5, 5.41) is 2.55. The normalized spacial score (nSPS) is 11.3. The Labute approximate surface area is 108 Å². The molecule has 0 aliphatic heterocycles. The number of ketones is 1. The van der Waals surface area contributed by atoms with Gasteiger partial charge in [0.15, 0.2) is 5.78 Å². The van der Waals surface area contributed by atoms with Crippen molar-refractivity contribution in [1.82, 2.24) is 5.32 Å². The molecule has 0 bridgehead atoms. The first-order chi connectivity index (χ1) is 8.06. The maximum Gasteiger partial charge on any atom is 0.407 e. The van der Waals surface area contributed by atoms with Crippen LogP contribution in [0.15, 0.2) is 30.3 Å². The molecule has 0 unspecified atom stereocenters. The van der Waals surface area contributed by atoms with Gasteiger partial charge in [-0.05, 0) is 5.56 Å². The van der Waals surface area contributed by atoms with Crippen LogP contribution in [0.25, 0.3) is 0 Å². The van der Waals surface area contributed by atoms with Crippen molar-refractivity contribution in [2.45, 2.75) is 27.3 Å². The smallest absolute Gasteiger partial charge is 0.407 e. The third-order valence-electron chi connectivity index (χ3n) is 2.43. The molecule has 1 amide bonds. The number of alkyl carbamates (subject to hydrolysis) is 1. The van der Waals surface area contributed by atoms with Crippen molar-refractivity contribution in [2.75, 3.05) is 7.11 Å². The monoisotopic (exact) mass is 251 g/mol. The van der Waals surface area contributed by atoms with Gasteiger partial charge in [0.25, 0.3) is 0 Å². The Morgan fingerprint density at radius 1 is 1.17 bits per heavy atom. The summed E-state index contributed by atoms with van der Waals surface area (Å²) in [5.74, 6) is -0.195. The molecule has 18 heavy (non-hydrogen) atoms. The summed E-state index contributed by atoms with van der Waals surface area (Å²) in [6.45, 7) is 3.61. The molecule has 0 fully saturated rings. The fourth-order valence-corrected chi connectivity index (χ4v) is 1.47. The second-order valence-electron chi connectivity index (χ2n) is 4.04. The van der Waals surface area contributed by atoms with Crippen LogP contribution in [0.5, 0.6) is 0 Å². The summed E-state index contributed by atoms with van der Waals surface area (Å²) in [5.41, 5.74) is 0.761. The van der Waals surface area contributed by atoms with Crippen LogP contribution in [0, 0.1) is 5.92 Å². The highest BCUT2D eigenvalue weighted by Crippen LogP contribution is 2.17. The number of nitrogens with one attached hydrogen (secondary N) is 1. The maximum atomic E-state index is 12.0. The number of hydrogen-bond donors (Lipinski definition) is 1. The Balaban J connectivity index is 0.00000289. The minimum atomic E-state index is -0.649. The molecule has 4 heteroatoms. The van der Waals surface area contributed by atoms with E-state index in [0.29, 0.717) is 0 Å². The lowest BCUT2D eigenvalue weighted by Gasteiger charge is -2.19. The van der Waals surface area contributed by atoms with E-state index in [-0.39, 0.29) is 19.1 Å². The molecule has 1 rings (SSSR count). The predicted molar refractivity (Wildman–Crippen MR) is 71.3 cm³/mol. The van der Waals surface area contributed by atoms with Gasteiger partial charge in [-0.3, -0.25) is 4.79 Å². The minimum absolute atomic E-state index is 0. The van der Waals surface area contributed by atoms with Gasteiger partial charge in [-0.2, -0.15) is 0 Å². The highest BCUT2D eigenvalue weighted by atomic mass is 16.5. The molecule has 0 aliphatic carbocycles. The molecule has 0 heterocycles. The lowest BCUT2D eigenvalue weighted by molar-refractivity contribution is -0.124. The van der Waals surface area contributed by atoms with E-state index >= 15 is 0 Å². The Morgan fingerprint density at radius 3 is 2.17 bits per heavy atom. The average Bonchev–Trinajstić information content (AvgIpc) is 2.35. The zero-order valence-electron chi connectivity index (χ0n) is 10.3. The van der Waals surface area contributed by atoms with Crippen LogP contribution < -0.4 is 5.32 Å². The van der Waals surface area contributed by atoms with Crippen molar-refractivity contribution >= 4 is 11.9 Å². The van der Waals surface area contributed by atoms with E-state index in [1.54, 1.807) is 26.0 Å². The molecule has 0 saturated heterocycles. The molecule has 0 aromatic heterocycles. The van der Waals surface area contributed by atoms with Crippen LogP contribution in [0.4, 0.5) is 4.79 Å². The van der Waals surface area contributed by atoms with Crippen LogP contribution >= 0.6 is 0 Å². The number of rotatable bonds is 4. The lowest BCUT2D eigenvalue weighted by Crippen LogP contribution is -2.35. The van der Waals surface area contributed by atoms with Crippen LogP contribution in [-0.4, -0.2) is 19.0 Å². The lowest BCUT2D eigenvalue weighted by atomic mass is 9.95. The van der Waals surface area contributed by atoms with Crippen LogP contribution in [-0.2, 0) is 9.53 Å². The number of benzene rings is 1. The molecule has 0 spiro atoms. The number of hydrogen-bond acceptors (Lipinski definition) is 3. The Bertz CT molecular complexity index is 387. The second kappa shape index (κ2) is 7.48. The Hall–Kier alpha value is -1.84. The first-order valence-corrected chi connectivity index (χ1v) is 5.49. The molecular formula is C14H21NO3. The summed E-state index contributed by atoms with van der Waals surface area (Å²) in [7, 11) is 1.28. The average molecular weight is 251 g/mol. The minimum Gasteiger partial charge on any atom is -0.453 e. The van der Waals surface area contributed by atoms with Gasteiger partial charge >= 0.3 is 6.09 Å². The maximum absolute atomic E-state index is 12.0. The van der Waals surface area contributed by atoms with Crippen molar-refractivity contribution in [3.8, 4) is 0 Å². The SMILES string of the molecule is C.COC(=O)N[C@@H](C(=O)C(C)C)c1ccccc1. The van der Waals surface area contributed by atoms with Crippen LogP contribution in [0.1, 0.15) is 32.9 Å². The highest BCUT2D eigenvalue weighted by Gasteiger charge is 2.24. The summed E-state index contributed by atoms with van der Waals surface area (Å²) in [6.07, 6.45) is -0.604. The van der Waals surface area contributed by atoms with Gasteiger partial charge in [0.2, 0.25) is 0 Å². The molecular weight excluding hydrogens is 230 g/mol.